The second-order valence-corrected chi connectivity index (χ2v) is 6.72. The number of rotatable bonds is 6. The van der Waals surface area contributed by atoms with E-state index in [9.17, 15) is 4.39 Å². The molecule has 2 nitrogen and oxygen atoms in total. The minimum atomic E-state index is -0.259. The summed E-state index contributed by atoms with van der Waals surface area (Å²) in [5.41, 5.74) is 7.34. The third kappa shape index (κ3) is 4.33. The Labute approximate surface area is 134 Å². The normalized spacial score (nSPS) is 11.3. The van der Waals surface area contributed by atoms with E-state index in [1.54, 1.807) is 17.4 Å². The predicted molar refractivity (Wildman–Crippen MR) is 91.0 cm³/mol. The van der Waals surface area contributed by atoms with Gasteiger partial charge in [-0.1, -0.05) is 18.3 Å². The fourth-order valence-corrected chi connectivity index (χ4v) is 3.10. The zero-order valence-electron chi connectivity index (χ0n) is 12.2. The highest BCUT2D eigenvalue weighted by Crippen LogP contribution is 2.19. The molecule has 0 aliphatic rings. The molecular weight excluding hydrogens is 303 g/mol. The van der Waals surface area contributed by atoms with E-state index in [-0.39, 0.29) is 5.82 Å². The number of thiocarbonyl (C=S) groups is 1. The maximum Gasteiger partial charge on any atom is 0.123 e. The summed E-state index contributed by atoms with van der Waals surface area (Å²) in [5, 5.41) is 2.07. The van der Waals surface area contributed by atoms with Gasteiger partial charge in [-0.25, -0.2) is 4.39 Å². The lowest BCUT2D eigenvalue weighted by molar-refractivity contribution is 0.205. The Bertz CT molecular complexity index is 609. The first-order valence-corrected chi connectivity index (χ1v) is 8.11. The zero-order valence-corrected chi connectivity index (χ0v) is 13.8. The van der Waals surface area contributed by atoms with E-state index in [0.29, 0.717) is 17.6 Å². The average molecular weight is 322 g/mol. The molecule has 0 saturated heterocycles. The van der Waals surface area contributed by atoms with Gasteiger partial charge in [0.15, 0.2) is 0 Å². The van der Waals surface area contributed by atoms with Gasteiger partial charge < -0.3 is 5.73 Å². The number of benzene rings is 1. The van der Waals surface area contributed by atoms with Crippen LogP contribution >= 0.6 is 23.6 Å². The minimum Gasteiger partial charge on any atom is -0.389 e. The number of halogens is 1. The van der Waals surface area contributed by atoms with Crippen LogP contribution in [-0.2, 0) is 13.1 Å². The molecular formula is C16H19FN2S2. The SMILES string of the molecule is CC(C)N(Cc1cccs1)Cc1cc(F)ccc1C(N)=S. The molecule has 0 saturated carbocycles. The van der Waals surface area contributed by atoms with Crippen molar-refractivity contribution in [2.75, 3.05) is 0 Å². The molecule has 21 heavy (non-hydrogen) atoms. The molecule has 0 aliphatic carbocycles. The molecule has 0 radical (unpaired) electrons. The Morgan fingerprint density at radius 3 is 2.67 bits per heavy atom. The molecule has 1 aromatic carbocycles. The van der Waals surface area contributed by atoms with E-state index in [1.165, 1.54) is 17.0 Å². The van der Waals surface area contributed by atoms with Crippen molar-refractivity contribution in [3.8, 4) is 0 Å². The highest BCUT2D eigenvalue weighted by molar-refractivity contribution is 7.80. The Morgan fingerprint density at radius 2 is 2.10 bits per heavy atom. The van der Waals surface area contributed by atoms with Crippen molar-refractivity contribution in [2.24, 2.45) is 5.73 Å². The van der Waals surface area contributed by atoms with Crippen LogP contribution < -0.4 is 5.73 Å². The van der Waals surface area contributed by atoms with Crippen molar-refractivity contribution >= 4 is 28.5 Å². The summed E-state index contributed by atoms with van der Waals surface area (Å²) in [5.74, 6) is -0.259. The van der Waals surface area contributed by atoms with Gasteiger partial charge in [0.05, 0.1) is 0 Å². The lowest BCUT2D eigenvalue weighted by Gasteiger charge is -2.27. The summed E-state index contributed by atoms with van der Waals surface area (Å²) in [6.07, 6.45) is 0. The molecule has 1 heterocycles. The molecule has 0 bridgehead atoms. The van der Waals surface area contributed by atoms with Crippen molar-refractivity contribution in [3.05, 3.63) is 57.5 Å². The molecule has 2 rings (SSSR count). The fraction of sp³-hybridized carbons (Fsp3) is 0.312. The van der Waals surface area contributed by atoms with E-state index >= 15 is 0 Å². The highest BCUT2D eigenvalue weighted by atomic mass is 32.1. The Kier molecular flexibility index (Phi) is 5.45. The molecule has 2 aromatic rings. The van der Waals surface area contributed by atoms with Gasteiger partial charge in [-0.2, -0.15) is 0 Å². The quantitative estimate of drug-likeness (QED) is 0.817. The van der Waals surface area contributed by atoms with Crippen LogP contribution in [0.25, 0.3) is 0 Å². The molecule has 0 atom stereocenters. The second-order valence-electron chi connectivity index (χ2n) is 5.24. The first-order chi connectivity index (χ1) is 9.97. The molecule has 1 aromatic heterocycles. The first-order valence-electron chi connectivity index (χ1n) is 6.82. The van der Waals surface area contributed by atoms with Crippen molar-refractivity contribution in [3.63, 3.8) is 0 Å². The summed E-state index contributed by atoms with van der Waals surface area (Å²) >= 11 is 6.79. The number of hydrogen-bond donors (Lipinski definition) is 1. The second kappa shape index (κ2) is 7.11. The Balaban J connectivity index is 2.24. The molecule has 0 fully saturated rings. The van der Waals surface area contributed by atoms with Gasteiger partial charge in [-0.15, -0.1) is 11.3 Å². The van der Waals surface area contributed by atoms with E-state index in [4.69, 9.17) is 18.0 Å². The van der Waals surface area contributed by atoms with Crippen molar-refractivity contribution in [1.29, 1.82) is 0 Å². The van der Waals surface area contributed by atoms with Gasteiger partial charge in [0, 0.05) is 29.6 Å². The summed E-state index contributed by atoms with van der Waals surface area (Å²) in [7, 11) is 0. The number of nitrogens with zero attached hydrogens (tertiary/aromatic N) is 1. The van der Waals surface area contributed by atoms with Gasteiger partial charge in [-0.05, 0) is 49.1 Å². The predicted octanol–water partition coefficient (Wildman–Crippen LogP) is 3.93. The molecule has 0 spiro atoms. The largest absolute Gasteiger partial charge is 0.389 e. The molecule has 2 N–H and O–H groups in total. The number of hydrogen-bond acceptors (Lipinski definition) is 3. The highest BCUT2D eigenvalue weighted by Gasteiger charge is 2.15. The Hall–Kier alpha value is -1.30. The fourth-order valence-electron chi connectivity index (χ4n) is 2.18. The Morgan fingerprint density at radius 1 is 1.33 bits per heavy atom. The van der Waals surface area contributed by atoms with Crippen molar-refractivity contribution < 1.29 is 4.39 Å². The third-order valence-electron chi connectivity index (χ3n) is 3.38. The summed E-state index contributed by atoms with van der Waals surface area (Å²) in [4.78, 5) is 3.88. The van der Waals surface area contributed by atoms with Crippen LogP contribution in [0.1, 0.15) is 29.9 Å². The van der Waals surface area contributed by atoms with E-state index in [0.717, 1.165) is 17.7 Å². The zero-order chi connectivity index (χ0) is 15.4. The standard InChI is InChI=1S/C16H19FN2S2/c1-11(2)19(10-14-4-3-7-21-14)9-12-8-13(17)5-6-15(12)16(18)20/h3-8,11H,9-10H2,1-2H3,(H2,18,20). The maximum atomic E-state index is 13.5. The number of nitrogens with two attached hydrogens (primary N) is 1. The van der Waals surface area contributed by atoms with E-state index < -0.39 is 0 Å². The van der Waals surface area contributed by atoms with Gasteiger partial charge in [0.2, 0.25) is 0 Å². The van der Waals surface area contributed by atoms with E-state index in [1.807, 2.05) is 6.07 Å². The lowest BCUT2D eigenvalue weighted by Crippen LogP contribution is -2.30. The van der Waals surface area contributed by atoms with Crippen LogP contribution in [0.3, 0.4) is 0 Å². The van der Waals surface area contributed by atoms with Crippen LogP contribution in [0.2, 0.25) is 0 Å². The van der Waals surface area contributed by atoms with E-state index in [2.05, 4.69) is 30.2 Å². The molecule has 0 aliphatic heterocycles. The minimum absolute atomic E-state index is 0.259. The van der Waals surface area contributed by atoms with Gasteiger partial charge in [0.25, 0.3) is 0 Å². The van der Waals surface area contributed by atoms with Crippen LogP contribution in [0.5, 0.6) is 0 Å². The van der Waals surface area contributed by atoms with Crippen LogP contribution in [0.4, 0.5) is 4.39 Å². The molecule has 5 heteroatoms. The first kappa shape index (κ1) is 16.1. The monoisotopic (exact) mass is 322 g/mol. The summed E-state index contributed by atoms with van der Waals surface area (Å²) < 4.78 is 13.5. The van der Waals surface area contributed by atoms with Gasteiger partial charge in [-0.3, -0.25) is 4.90 Å². The topological polar surface area (TPSA) is 29.3 Å². The summed E-state index contributed by atoms with van der Waals surface area (Å²) in [6, 6.07) is 9.09. The smallest absolute Gasteiger partial charge is 0.123 e. The maximum absolute atomic E-state index is 13.5. The average Bonchev–Trinajstić information content (AvgIpc) is 2.90. The van der Waals surface area contributed by atoms with Crippen molar-refractivity contribution in [1.82, 2.24) is 4.90 Å². The van der Waals surface area contributed by atoms with Crippen LogP contribution in [-0.4, -0.2) is 15.9 Å². The summed E-state index contributed by atoms with van der Waals surface area (Å²) in [6.45, 7) is 5.73. The lowest BCUT2D eigenvalue weighted by atomic mass is 10.1. The van der Waals surface area contributed by atoms with Crippen LogP contribution in [0.15, 0.2) is 35.7 Å². The van der Waals surface area contributed by atoms with Crippen molar-refractivity contribution in [2.45, 2.75) is 33.0 Å². The van der Waals surface area contributed by atoms with Gasteiger partial charge >= 0.3 is 0 Å². The molecule has 112 valence electrons. The third-order valence-corrected chi connectivity index (χ3v) is 4.46. The molecule has 0 amide bonds. The van der Waals surface area contributed by atoms with Crippen LogP contribution in [0, 0.1) is 5.82 Å². The van der Waals surface area contributed by atoms with Gasteiger partial charge in [0.1, 0.15) is 10.8 Å². The molecule has 0 unspecified atom stereocenters. The number of thiophene rings is 1.